The Morgan fingerprint density at radius 2 is 2.30 bits per heavy atom. The number of nitrogens with one attached hydrogen (secondary N) is 1. The summed E-state index contributed by atoms with van der Waals surface area (Å²) < 4.78 is 0. The fourth-order valence-corrected chi connectivity index (χ4v) is 3.23. The minimum atomic E-state index is -0.356. The highest BCUT2D eigenvalue weighted by Crippen LogP contribution is 2.26. The highest BCUT2D eigenvalue weighted by molar-refractivity contribution is 7.13. The van der Waals surface area contributed by atoms with Gasteiger partial charge in [-0.05, 0) is 33.1 Å². The summed E-state index contributed by atoms with van der Waals surface area (Å²) in [5.41, 5.74) is 1.06. The van der Waals surface area contributed by atoms with Gasteiger partial charge in [0.2, 0.25) is 5.91 Å². The number of carbonyl (C=O) groups is 1. The van der Waals surface area contributed by atoms with Crippen LogP contribution in [0.1, 0.15) is 31.9 Å². The van der Waals surface area contributed by atoms with E-state index in [2.05, 4.69) is 20.6 Å². The molecule has 20 heavy (non-hydrogen) atoms. The van der Waals surface area contributed by atoms with Gasteiger partial charge in [-0.3, -0.25) is 4.79 Å². The normalized spacial score (nSPS) is 18.1. The Balaban J connectivity index is 1.75. The average Bonchev–Trinajstić information content (AvgIpc) is 2.85. The quantitative estimate of drug-likeness (QED) is 0.865. The summed E-state index contributed by atoms with van der Waals surface area (Å²) in [6.07, 6.45) is 2.01. The van der Waals surface area contributed by atoms with E-state index in [0.717, 1.165) is 36.8 Å². The number of rotatable bonds is 5. The maximum Gasteiger partial charge on any atom is 0.223 e. The highest BCUT2D eigenvalue weighted by atomic mass is 32.1. The number of piperidine rings is 1. The van der Waals surface area contributed by atoms with E-state index in [1.165, 1.54) is 0 Å². The summed E-state index contributed by atoms with van der Waals surface area (Å²) in [7, 11) is 0. The van der Waals surface area contributed by atoms with Gasteiger partial charge < -0.3 is 15.3 Å². The summed E-state index contributed by atoms with van der Waals surface area (Å²) in [5.74, 6) is 0.224. The highest BCUT2D eigenvalue weighted by Gasteiger charge is 2.25. The van der Waals surface area contributed by atoms with Crippen LogP contribution in [0.5, 0.6) is 0 Å². The van der Waals surface area contributed by atoms with Crippen LogP contribution in [-0.4, -0.2) is 41.7 Å². The second-order valence-corrected chi connectivity index (χ2v) is 6.30. The number of hydrogen-bond acceptors (Lipinski definition) is 5. The molecule has 6 heteroatoms. The molecule has 1 fully saturated rings. The van der Waals surface area contributed by atoms with Crippen molar-refractivity contribution in [2.75, 3.05) is 24.5 Å². The summed E-state index contributed by atoms with van der Waals surface area (Å²) in [4.78, 5) is 18.8. The molecule has 0 bridgehead atoms. The first-order valence-electron chi connectivity index (χ1n) is 7.19. The van der Waals surface area contributed by atoms with Crippen molar-refractivity contribution in [3.8, 4) is 0 Å². The molecule has 112 valence electrons. The summed E-state index contributed by atoms with van der Waals surface area (Å²) in [6.45, 7) is 6.08. The fraction of sp³-hybridized carbons (Fsp3) is 0.714. The van der Waals surface area contributed by atoms with Gasteiger partial charge in [-0.15, -0.1) is 11.3 Å². The molecule has 1 amide bonds. The molecule has 5 nitrogen and oxygen atoms in total. The molecular formula is C14H23N3O2S. The van der Waals surface area contributed by atoms with Gasteiger partial charge in [0.1, 0.15) is 0 Å². The van der Waals surface area contributed by atoms with Gasteiger partial charge in [-0.1, -0.05) is 0 Å². The Hall–Kier alpha value is -1.14. The van der Waals surface area contributed by atoms with Crippen molar-refractivity contribution in [3.05, 3.63) is 11.1 Å². The van der Waals surface area contributed by atoms with Crippen LogP contribution in [-0.2, 0) is 4.79 Å². The SMILES string of the molecule is Cc1csc(N2CCC(C(=O)NCCC(C)O)CC2)n1. The number of aromatic nitrogens is 1. The molecule has 1 saturated heterocycles. The van der Waals surface area contributed by atoms with Gasteiger partial charge in [0, 0.05) is 30.9 Å². The number of carbonyl (C=O) groups excluding carboxylic acids is 1. The van der Waals surface area contributed by atoms with Gasteiger partial charge >= 0.3 is 0 Å². The number of aliphatic hydroxyl groups excluding tert-OH is 1. The molecule has 1 aromatic heterocycles. The van der Waals surface area contributed by atoms with Crippen LogP contribution in [0.3, 0.4) is 0 Å². The van der Waals surface area contributed by atoms with Gasteiger partial charge in [0.05, 0.1) is 11.8 Å². The average molecular weight is 297 g/mol. The second-order valence-electron chi connectivity index (χ2n) is 5.46. The Bertz CT molecular complexity index is 439. The van der Waals surface area contributed by atoms with E-state index in [1.807, 2.05) is 6.92 Å². The maximum atomic E-state index is 12.0. The molecule has 1 aromatic rings. The van der Waals surface area contributed by atoms with Crippen LogP contribution in [0.15, 0.2) is 5.38 Å². The molecule has 0 aromatic carbocycles. The fourth-order valence-electron chi connectivity index (χ4n) is 2.37. The van der Waals surface area contributed by atoms with E-state index < -0.39 is 0 Å². The van der Waals surface area contributed by atoms with Crippen LogP contribution in [0.25, 0.3) is 0 Å². The minimum absolute atomic E-state index is 0.0984. The predicted molar refractivity (Wildman–Crippen MR) is 81.1 cm³/mol. The van der Waals surface area contributed by atoms with E-state index in [-0.39, 0.29) is 17.9 Å². The molecule has 0 saturated carbocycles. The number of anilines is 1. The molecule has 0 spiro atoms. The Morgan fingerprint density at radius 1 is 1.60 bits per heavy atom. The van der Waals surface area contributed by atoms with Crippen molar-refractivity contribution in [3.63, 3.8) is 0 Å². The smallest absolute Gasteiger partial charge is 0.223 e. The largest absolute Gasteiger partial charge is 0.393 e. The molecule has 1 aliphatic rings. The van der Waals surface area contributed by atoms with Crippen LogP contribution in [0, 0.1) is 12.8 Å². The standard InChI is InChI=1S/C14H23N3O2S/c1-10-9-20-14(16-10)17-7-4-12(5-8-17)13(19)15-6-3-11(2)18/h9,11-12,18H,3-8H2,1-2H3,(H,15,19). The van der Waals surface area contributed by atoms with Crippen LogP contribution >= 0.6 is 11.3 Å². The molecule has 2 N–H and O–H groups in total. The van der Waals surface area contributed by atoms with E-state index in [0.29, 0.717) is 13.0 Å². The summed E-state index contributed by atoms with van der Waals surface area (Å²) in [6, 6.07) is 0. The number of amides is 1. The van der Waals surface area contributed by atoms with E-state index >= 15 is 0 Å². The molecule has 1 aliphatic heterocycles. The first kappa shape index (κ1) is 15.3. The summed E-state index contributed by atoms with van der Waals surface area (Å²) in [5, 5.41) is 15.2. The first-order valence-corrected chi connectivity index (χ1v) is 8.07. The molecule has 1 unspecified atom stereocenters. The Morgan fingerprint density at radius 3 is 2.85 bits per heavy atom. The lowest BCUT2D eigenvalue weighted by Gasteiger charge is -2.31. The lowest BCUT2D eigenvalue weighted by molar-refractivity contribution is -0.125. The first-order chi connectivity index (χ1) is 9.56. The molecule has 0 aliphatic carbocycles. The van der Waals surface area contributed by atoms with Crippen LogP contribution < -0.4 is 10.2 Å². The molecular weight excluding hydrogens is 274 g/mol. The Kier molecular flexibility index (Phi) is 5.37. The minimum Gasteiger partial charge on any atom is -0.393 e. The van der Waals surface area contributed by atoms with Gasteiger partial charge in [-0.2, -0.15) is 0 Å². The second kappa shape index (κ2) is 7.04. The third-order valence-electron chi connectivity index (χ3n) is 3.60. The zero-order valence-electron chi connectivity index (χ0n) is 12.1. The third kappa shape index (κ3) is 4.18. The van der Waals surface area contributed by atoms with E-state index in [9.17, 15) is 9.90 Å². The number of thiazole rings is 1. The monoisotopic (exact) mass is 297 g/mol. The lowest BCUT2D eigenvalue weighted by atomic mass is 9.96. The van der Waals surface area contributed by atoms with Crippen LogP contribution in [0.2, 0.25) is 0 Å². The molecule has 2 rings (SSSR count). The number of hydrogen-bond donors (Lipinski definition) is 2. The number of nitrogens with zero attached hydrogens (tertiary/aromatic N) is 2. The van der Waals surface area contributed by atoms with Crippen molar-refractivity contribution < 1.29 is 9.90 Å². The number of aryl methyl sites for hydroxylation is 1. The lowest BCUT2D eigenvalue weighted by Crippen LogP contribution is -2.41. The van der Waals surface area contributed by atoms with E-state index in [1.54, 1.807) is 18.3 Å². The number of aliphatic hydroxyl groups is 1. The third-order valence-corrected chi connectivity index (χ3v) is 4.62. The predicted octanol–water partition coefficient (Wildman–Crippen LogP) is 1.56. The molecule has 0 radical (unpaired) electrons. The molecule has 2 heterocycles. The van der Waals surface area contributed by atoms with E-state index in [4.69, 9.17) is 0 Å². The summed E-state index contributed by atoms with van der Waals surface area (Å²) >= 11 is 1.67. The zero-order chi connectivity index (χ0) is 14.5. The maximum absolute atomic E-state index is 12.0. The topological polar surface area (TPSA) is 65.5 Å². The van der Waals surface area contributed by atoms with Crippen LogP contribution in [0.4, 0.5) is 5.13 Å². The Labute approximate surface area is 124 Å². The van der Waals surface area contributed by atoms with Crippen molar-refractivity contribution in [1.82, 2.24) is 10.3 Å². The van der Waals surface area contributed by atoms with Gasteiger partial charge in [-0.25, -0.2) is 4.98 Å². The van der Waals surface area contributed by atoms with Gasteiger partial charge in [0.25, 0.3) is 0 Å². The molecule has 1 atom stereocenters. The van der Waals surface area contributed by atoms with Gasteiger partial charge in [0.15, 0.2) is 5.13 Å². The van der Waals surface area contributed by atoms with Crippen molar-refractivity contribution in [2.24, 2.45) is 5.92 Å². The zero-order valence-corrected chi connectivity index (χ0v) is 12.9. The van der Waals surface area contributed by atoms with Crippen molar-refractivity contribution in [1.29, 1.82) is 0 Å². The van der Waals surface area contributed by atoms with Crippen molar-refractivity contribution in [2.45, 2.75) is 39.2 Å². The van der Waals surface area contributed by atoms with Crippen molar-refractivity contribution >= 4 is 22.4 Å².